The van der Waals surface area contributed by atoms with Gasteiger partial charge < -0.3 is 15.4 Å². The van der Waals surface area contributed by atoms with Gasteiger partial charge in [0.15, 0.2) is 5.54 Å². The molecular formula is C26H25N3O5S. The van der Waals surface area contributed by atoms with Crippen LogP contribution < -0.4 is 10.6 Å². The molecular weight excluding hydrogens is 466 g/mol. The van der Waals surface area contributed by atoms with Gasteiger partial charge in [0.1, 0.15) is 11.5 Å². The number of nitrogens with one attached hydrogen (secondary N) is 2. The predicted octanol–water partition coefficient (Wildman–Crippen LogP) is 3.98. The molecule has 180 valence electrons. The van der Waals surface area contributed by atoms with Crippen molar-refractivity contribution in [3.05, 3.63) is 87.8 Å². The maximum Gasteiger partial charge on any atom is 0.341 e. The van der Waals surface area contributed by atoms with Crippen LogP contribution in [0.1, 0.15) is 38.8 Å². The summed E-state index contributed by atoms with van der Waals surface area (Å²) < 4.78 is 5.12. The van der Waals surface area contributed by atoms with Crippen molar-refractivity contribution in [1.29, 1.82) is 0 Å². The van der Waals surface area contributed by atoms with Gasteiger partial charge >= 0.3 is 12.0 Å². The zero-order valence-corrected chi connectivity index (χ0v) is 20.4. The summed E-state index contributed by atoms with van der Waals surface area (Å²) >= 11 is 1.24. The van der Waals surface area contributed by atoms with E-state index in [0.29, 0.717) is 21.7 Å². The number of aryl methyl sites for hydroxylation is 1. The third kappa shape index (κ3) is 4.30. The second-order valence-corrected chi connectivity index (χ2v) is 9.28. The Bertz CT molecular complexity index is 1250. The normalized spacial score (nSPS) is 14.5. The van der Waals surface area contributed by atoms with Crippen molar-refractivity contribution >= 4 is 40.2 Å². The van der Waals surface area contributed by atoms with Gasteiger partial charge in [-0.15, -0.1) is 11.3 Å². The van der Waals surface area contributed by atoms with E-state index in [4.69, 9.17) is 4.74 Å². The fourth-order valence-corrected chi connectivity index (χ4v) is 5.19. The Morgan fingerprint density at radius 1 is 1.00 bits per heavy atom. The first kappa shape index (κ1) is 24.2. The molecule has 1 fully saturated rings. The van der Waals surface area contributed by atoms with E-state index >= 15 is 0 Å². The van der Waals surface area contributed by atoms with E-state index in [1.54, 1.807) is 62.4 Å². The van der Waals surface area contributed by atoms with Gasteiger partial charge in [-0.05, 0) is 37.5 Å². The molecule has 3 aromatic rings. The predicted molar refractivity (Wildman–Crippen MR) is 132 cm³/mol. The van der Waals surface area contributed by atoms with E-state index in [1.807, 2.05) is 19.1 Å². The number of benzene rings is 2. The molecule has 0 radical (unpaired) electrons. The number of esters is 1. The van der Waals surface area contributed by atoms with Gasteiger partial charge in [-0.25, -0.2) is 9.59 Å². The molecule has 0 atom stereocenters. The Morgan fingerprint density at radius 3 is 2.11 bits per heavy atom. The lowest BCUT2D eigenvalue weighted by Gasteiger charge is -2.27. The first-order chi connectivity index (χ1) is 16.8. The van der Waals surface area contributed by atoms with Crippen LogP contribution >= 0.6 is 11.3 Å². The van der Waals surface area contributed by atoms with Gasteiger partial charge in [-0.1, -0.05) is 60.7 Å². The lowest BCUT2D eigenvalue weighted by atomic mass is 9.82. The summed E-state index contributed by atoms with van der Waals surface area (Å²) in [6, 6.07) is 17.1. The molecule has 2 heterocycles. The molecule has 0 unspecified atom stereocenters. The van der Waals surface area contributed by atoms with Crippen molar-refractivity contribution < 1.29 is 23.9 Å². The molecule has 4 amide bonds. The third-order valence-electron chi connectivity index (χ3n) is 5.94. The molecule has 35 heavy (non-hydrogen) atoms. The fourth-order valence-electron chi connectivity index (χ4n) is 4.13. The minimum Gasteiger partial charge on any atom is -0.462 e. The van der Waals surface area contributed by atoms with E-state index in [9.17, 15) is 19.2 Å². The minimum absolute atomic E-state index is 0.198. The number of carbonyl (C=O) groups is 4. The van der Waals surface area contributed by atoms with Crippen LogP contribution in [0, 0.1) is 13.8 Å². The van der Waals surface area contributed by atoms with Crippen LogP contribution in [-0.2, 0) is 19.9 Å². The molecule has 0 saturated carbocycles. The Kier molecular flexibility index (Phi) is 6.70. The second-order valence-electron chi connectivity index (χ2n) is 8.06. The van der Waals surface area contributed by atoms with E-state index in [-0.39, 0.29) is 12.2 Å². The Labute approximate surface area is 206 Å². The number of ether oxygens (including phenoxy) is 1. The SMILES string of the molecule is CCOC(=O)c1c(NC(=O)CN2C(=O)NC(c3ccccc3)(c3ccccc3)C2=O)sc(C)c1C. The number of anilines is 1. The van der Waals surface area contributed by atoms with Crippen molar-refractivity contribution in [2.45, 2.75) is 26.3 Å². The van der Waals surface area contributed by atoms with Crippen LogP contribution in [-0.4, -0.2) is 41.9 Å². The van der Waals surface area contributed by atoms with E-state index in [0.717, 1.165) is 9.78 Å². The summed E-state index contributed by atoms with van der Waals surface area (Å²) in [6.07, 6.45) is 0. The summed E-state index contributed by atoms with van der Waals surface area (Å²) in [4.78, 5) is 53.9. The van der Waals surface area contributed by atoms with Gasteiger partial charge in [0.25, 0.3) is 5.91 Å². The highest BCUT2D eigenvalue weighted by Gasteiger charge is 2.54. The summed E-state index contributed by atoms with van der Waals surface area (Å²) in [5.41, 5.74) is 0.711. The zero-order chi connectivity index (χ0) is 25.2. The Hall–Kier alpha value is -3.98. The Morgan fingerprint density at radius 2 is 1.57 bits per heavy atom. The first-order valence-electron chi connectivity index (χ1n) is 11.1. The number of hydrogen-bond donors (Lipinski definition) is 2. The molecule has 1 aliphatic rings. The van der Waals surface area contributed by atoms with Crippen molar-refractivity contribution in [1.82, 2.24) is 10.2 Å². The highest BCUT2D eigenvalue weighted by molar-refractivity contribution is 7.16. The van der Waals surface area contributed by atoms with Gasteiger partial charge in [-0.3, -0.25) is 14.5 Å². The summed E-state index contributed by atoms with van der Waals surface area (Å²) in [5.74, 6) is -1.69. The topological polar surface area (TPSA) is 105 Å². The molecule has 1 aromatic heterocycles. The fraction of sp³-hybridized carbons (Fsp3) is 0.231. The van der Waals surface area contributed by atoms with Crippen molar-refractivity contribution in [3.63, 3.8) is 0 Å². The third-order valence-corrected chi connectivity index (χ3v) is 7.06. The zero-order valence-electron chi connectivity index (χ0n) is 19.6. The average molecular weight is 492 g/mol. The van der Waals surface area contributed by atoms with Crippen molar-refractivity contribution in [2.24, 2.45) is 0 Å². The van der Waals surface area contributed by atoms with E-state index in [2.05, 4.69) is 10.6 Å². The largest absolute Gasteiger partial charge is 0.462 e. The van der Waals surface area contributed by atoms with Gasteiger partial charge in [-0.2, -0.15) is 0 Å². The highest BCUT2D eigenvalue weighted by atomic mass is 32.1. The van der Waals surface area contributed by atoms with Crippen molar-refractivity contribution in [2.75, 3.05) is 18.5 Å². The molecule has 0 aliphatic carbocycles. The van der Waals surface area contributed by atoms with Crippen LogP contribution in [0.3, 0.4) is 0 Å². The maximum atomic E-state index is 13.7. The molecule has 4 rings (SSSR count). The van der Waals surface area contributed by atoms with Gasteiger partial charge in [0.2, 0.25) is 5.91 Å². The Balaban J connectivity index is 1.63. The molecule has 0 bridgehead atoms. The number of hydrogen-bond acceptors (Lipinski definition) is 6. The van der Waals surface area contributed by atoms with Crippen LogP contribution in [0.4, 0.5) is 9.80 Å². The molecule has 9 heteroatoms. The summed E-state index contributed by atoms with van der Waals surface area (Å²) in [7, 11) is 0. The number of rotatable bonds is 7. The quantitative estimate of drug-likeness (QED) is 0.384. The monoisotopic (exact) mass is 491 g/mol. The molecule has 8 nitrogen and oxygen atoms in total. The van der Waals surface area contributed by atoms with Crippen molar-refractivity contribution in [3.8, 4) is 0 Å². The summed E-state index contributed by atoms with van der Waals surface area (Å²) in [6.45, 7) is 5.01. The molecule has 1 aliphatic heterocycles. The smallest absolute Gasteiger partial charge is 0.341 e. The van der Waals surface area contributed by atoms with E-state index in [1.165, 1.54) is 11.3 Å². The molecule has 2 N–H and O–H groups in total. The number of amides is 4. The second kappa shape index (κ2) is 9.71. The van der Waals surface area contributed by atoms with Crippen LogP contribution in [0.15, 0.2) is 60.7 Å². The molecule has 0 spiro atoms. The average Bonchev–Trinajstić information content (AvgIpc) is 3.27. The number of thiophene rings is 1. The van der Waals surface area contributed by atoms with Crippen LogP contribution in [0.5, 0.6) is 0 Å². The van der Waals surface area contributed by atoms with Gasteiger partial charge in [0.05, 0.1) is 12.2 Å². The van der Waals surface area contributed by atoms with Gasteiger partial charge in [0, 0.05) is 4.88 Å². The maximum absolute atomic E-state index is 13.7. The molecule has 1 saturated heterocycles. The van der Waals surface area contributed by atoms with E-state index < -0.39 is 35.9 Å². The van der Waals surface area contributed by atoms with Crippen LogP contribution in [0.25, 0.3) is 0 Å². The number of imide groups is 1. The lowest BCUT2D eigenvalue weighted by Crippen LogP contribution is -2.45. The lowest BCUT2D eigenvalue weighted by molar-refractivity contribution is -0.133. The first-order valence-corrected chi connectivity index (χ1v) is 11.9. The summed E-state index contributed by atoms with van der Waals surface area (Å²) in [5, 5.41) is 5.83. The minimum atomic E-state index is -1.45. The highest BCUT2D eigenvalue weighted by Crippen LogP contribution is 2.36. The van der Waals surface area contributed by atoms with Crippen LogP contribution in [0.2, 0.25) is 0 Å². The number of carbonyl (C=O) groups excluding carboxylic acids is 4. The molecule has 2 aromatic carbocycles. The number of nitrogens with zero attached hydrogens (tertiary/aromatic N) is 1. The number of urea groups is 1. The standard InChI is InChI=1S/C26H25N3O5S/c1-4-34-23(31)21-16(2)17(3)35-22(21)27-20(30)15-29-24(32)26(28-25(29)33,18-11-7-5-8-12-18)19-13-9-6-10-14-19/h5-14H,4,15H2,1-3H3,(H,27,30)(H,28,33).